The Balaban J connectivity index is 1.73. The molecule has 0 aliphatic carbocycles. The van der Waals surface area contributed by atoms with E-state index in [9.17, 15) is 9.59 Å². The van der Waals surface area contributed by atoms with Gasteiger partial charge in [-0.05, 0) is 45.5 Å². The Morgan fingerprint density at radius 3 is 2.43 bits per heavy atom. The van der Waals surface area contributed by atoms with Crippen LogP contribution in [0.1, 0.15) is 28.7 Å². The quantitative estimate of drug-likeness (QED) is 0.792. The number of para-hydroxylation sites is 1. The van der Waals surface area contributed by atoms with E-state index in [2.05, 4.69) is 17.0 Å². The third-order valence-corrected chi connectivity index (χ3v) is 5.30. The van der Waals surface area contributed by atoms with Crippen molar-refractivity contribution in [2.75, 3.05) is 44.7 Å². The number of nitrogens with zero attached hydrogens (tertiary/aromatic N) is 5. The second kappa shape index (κ2) is 8.56. The van der Waals surface area contributed by atoms with Crippen molar-refractivity contribution < 1.29 is 9.59 Å². The summed E-state index contributed by atoms with van der Waals surface area (Å²) >= 11 is 0. The van der Waals surface area contributed by atoms with Gasteiger partial charge in [0.2, 0.25) is 5.91 Å². The van der Waals surface area contributed by atoms with Crippen LogP contribution in [-0.2, 0) is 11.3 Å². The zero-order valence-electron chi connectivity index (χ0n) is 17.2. The molecule has 1 aliphatic rings. The van der Waals surface area contributed by atoms with Gasteiger partial charge in [0.1, 0.15) is 6.54 Å². The van der Waals surface area contributed by atoms with Crippen molar-refractivity contribution >= 4 is 17.5 Å². The summed E-state index contributed by atoms with van der Waals surface area (Å²) in [5.41, 5.74) is 3.19. The van der Waals surface area contributed by atoms with Crippen molar-refractivity contribution in [3.8, 4) is 0 Å². The fourth-order valence-electron chi connectivity index (χ4n) is 3.51. The number of carbonyl (C=O) groups excluding carboxylic acids is 2. The van der Waals surface area contributed by atoms with Crippen molar-refractivity contribution in [1.82, 2.24) is 19.6 Å². The molecule has 1 fully saturated rings. The molecule has 2 amide bonds. The zero-order valence-corrected chi connectivity index (χ0v) is 17.2. The number of hydrogen-bond acceptors (Lipinski definition) is 4. The molecule has 28 heavy (non-hydrogen) atoms. The molecule has 7 nitrogen and oxygen atoms in total. The summed E-state index contributed by atoms with van der Waals surface area (Å²) in [5, 5.41) is 4.44. The molecule has 1 saturated heterocycles. The number of aromatic nitrogens is 2. The van der Waals surface area contributed by atoms with Crippen LogP contribution in [-0.4, -0.2) is 71.2 Å². The van der Waals surface area contributed by atoms with Gasteiger partial charge in [0.05, 0.1) is 0 Å². The molecule has 0 saturated carbocycles. The topological polar surface area (TPSA) is 61.7 Å². The maximum atomic E-state index is 12.9. The van der Waals surface area contributed by atoms with Gasteiger partial charge in [-0.25, -0.2) is 0 Å². The third kappa shape index (κ3) is 4.25. The van der Waals surface area contributed by atoms with Crippen LogP contribution < -0.4 is 4.90 Å². The van der Waals surface area contributed by atoms with Gasteiger partial charge in [-0.2, -0.15) is 5.10 Å². The van der Waals surface area contributed by atoms with Gasteiger partial charge in [-0.1, -0.05) is 18.2 Å². The highest BCUT2D eigenvalue weighted by molar-refractivity contribution is 5.94. The van der Waals surface area contributed by atoms with Crippen LogP contribution in [0.4, 0.5) is 5.69 Å². The first-order valence-corrected chi connectivity index (χ1v) is 9.79. The van der Waals surface area contributed by atoms with Crippen LogP contribution in [0.2, 0.25) is 0 Å². The van der Waals surface area contributed by atoms with E-state index in [0.29, 0.717) is 25.3 Å². The molecule has 1 aromatic carbocycles. The highest BCUT2D eigenvalue weighted by atomic mass is 16.2. The second-order valence-corrected chi connectivity index (χ2v) is 7.35. The third-order valence-electron chi connectivity index (χ3n) is 5.30. The van der Waals surface area contributed by atoms with E-state index in [4.69, 9.17) is 0 Å². The highest BCUT2D eigenvalue weighted by Gasteiger charge is 2.24. The van der Waals surface area contributed by atoms with Crippen LogP contribution in [0.5, 0.6) is 0 Å². The summed E-state index contributed by atoms with van der Waals surface area (Å²) in [6, 6.07) is 9.62. The predicted molar refractivity (Wildman–Crippen MR) is 110 cm³/mol. The van der Waals surface area contributed by atoms with Crippen LogP contribution in [0.15, 0.2) is 30.3 Å². The van der Waals surface area contributed by atoms with Crippen molar-refractivity contribution in [3.63, 3.8) is 0 Å². The van der Waals surface area contributed by atoms with Crippen molar-refractivity contribution in [1.29, 1.82) is 0 Å². The van der Waals surface area contributed by atoms with E-state index in [1.165, 1.54) is 0 Å². The minimum atomic E-state index is -0.0614. The Labute approximate surface area is 166 Å². The molecule has 2 aromatic rings. The van der Waals surface area contributed by atoms with Gasteiger partial charge in [0.15, 0.2) is 5.69 Å². The largest absolute Gasteiger partial charge is 0.335 e. The lowest BCUT2D eigenvalue weighted by molar-refractivity contribution is -0.119. The highest BCUT2D eigenvalue weighted by Crippen LogP contribution is 2.20. The lowest BCUT2D eigenvalue weighted by atomic mass is 10.2. The molecule has 150 valence electrons. The van der Waals surface area contributed by atoms with E-state index in [-0.39, 0.29) is 18.4 Å². The Hall–Kier alpha value is -2.67. The monoisotopic (exact) mass is 383 g/mol. The Bertz CT molecular complexity index is 852. The lowest BCUT2D eigenvalue weighted by Crippen LogP contribution is -2.47. The molecular weight excluding hydrogens is 354 g/mol. The Morgan fingerprint density at radius 2 is 1.79 bits per heavy atom. The molecule has 0 N–H and O–H groups in total. The van der Waals surface area contributed by atoms with E-state index in [1.54, 1.807) is 15.6 Å². The van der Waals surface area contributed by atoms with E-state index < -0.39 is 0 Å². The smallest absolute Gasteiger partial charge is 0.274 e. The molecule has 0 atom stereocenters. The number of rotatable bonds is 5. The maximum absolute atomic E-state index is 12.9. The first kappa shape index (κ1) is 20.1. The van der Waals surface area contributed by atoms with Crippen molar-refractivity contribution in [3.05, 3.63) is 47.3 Å². The van der Waals surface area contributed by atoms with Gasteiger partial charge in [-0.3, -0.25) is 14.3 Å². The van der Waals surface area contributed by atoms with Gasteiger partial charge in [0, 0.05) is 44.1 Å². The molecule has 2 heterocycles. The van der Waals surface area contributed by atoms with Crippen LogP contribution in [0, 0.1) is 13.8 Å². The standard InChI is InChI=1S/C21H29N5O2/c1-5-25(19-9-7-6-8-16(19)2)20(27)15-26-17(3)14-18(22-26)21(28)24-12-10-23(4)11-13-24/h6-9,14H,5,10-13,15H2,1-4H3. The fraction of sp³-hybridized carbons (Fsp3) is 0.476. The van der Waals surface area contributed by atoms with Crippen LogP contribution in [0.25, 0.3) is 0 Å². The lowest BCUT2D eigenvalue weighted by Gasteiger charge is -2.31. The molecule has 0 radical (unpaired) electrons. The molecule has 7 heteroatoms. The number of amides is 2. The summed E-state index contributed by atoms with van der Waals surface area (Å²) in [6.07, 6.45) is 0. The number of benzene rings is 1. The number of anilines is 1. The first-order valence-electron chi connectivity index (χ1n) is 9.79. The molecule has 0 spiro atoms. The number of likely N-dealkylation sites (N-methyl/N-ethyl adjacent to an activating group) is 2. The average Bonchev–Trinajstić information content (AvgIpc) is 3.04. The molecule has 1 aromatic heterocycles. The molecular formula is C21H29N5O2. The SMILES string of the molecule is CCN(C(=O)Cn1nc(C(=O)N2CCN(C)CC2)cc1C)c1ccccc1C. The minimum Gasteiger partial charge on any atom is -0.335 e. The normalized spacial score (nSPS) is 14.9. The van der Waals surface area contributed by atoms with Crippen molar-refractivity contribution in [2.24, 2.45) is 0 Å². The van der Waals surface area contributed by atoms with Gasteiger partial charge in [-0.15, -0.1) is 0 Å². The predicted octanol–water partition coefficient (Wildman–Crippen LogP) is 1.94. The fourth-order valence-corrected chi connectivity index (χ4v) is 3.51. The second-order valence-electron chi connectivity index (χ2n) is 7.35. The van der Waals surface area contributed by atoms with Gasteiger partial charge in [0.25, 0.3) is 5.91 Å². The summed E-state index contributed by atoms with van der Waals surface area (Å²) in [6.45, 7) is 9.68. The van der Waals surface area contributed by atoms with Crippen LogP contribution >= 0.6 is 0 Å². The number of carbonyl (C=O) groups is 2. The van der Waals surface area contributed by atoms with E-state index in [1.807, 2.05) is 49.9 Å². The minimum absolute atomic E-state index is 0.0402. The summed E-state index contributed by atoms with van der Waals surface area (Å²) in [4.78, 5) is 31.5. The Morgan fingerprint density at radius 1 is 1.11 bits per heavy atom. The van der Waals surface area contributed by atoms with Crippen molar-refractivity contribution in [2.45, 2.75) is 27.3 Å². The molecule has 1 aliphatic heterocycles. The maximum Gasteiger partial charge on any atom is 0.274 e. The van der Waals surface area contributed by atoms with E-state index >= 15 is 0 Å². The van der Waals surface area contributed by atoms with Gasteiger partial charge < -0.3 is 14.7 Å². The molecule has 3 rings (SSSR count). The molecule has 0 unspecified atom stereocenters. The zero-order chi connectivity index (χ0) is 20.3. The average molecular weight is 383 g/mol. The summed E-state index contributed by atoms with van der Waals surface area (Å²) in [7, 11) is 2.06. The summed E-state index contributed by atoms with van der Waals surface area (Å²) in [5.74, 6) is -0.102. The first-order chi connectivity index (χ1) is 13.4. The summed E-state index contributed by atoms with van der Waals surface area (Å²) < 4.78 is 1.63. The van der Waals surface area contributed by atoms with E-state index in [0.717, 1.165) is 30.0 Å². The number of aryl methyl sites for hydroxylation is 2. The van der Waals surface area contributed by atoms with Crippen LogP contribution in [0.3, 0.4) is 0 Å². The number of piperazine rings is 1. The Kier molecular flexibility index (Phi) is 6.14. The number of hydrogen-bond donors (Lipinski definition) is 0. The molecule has 0 bridgehead atoms. The van der Waals surface area contributed by atoms with Gasteiger partial charge >= 0.3 is 0 Å².